The molecule has 0 radical (unpaired) electrons. The van der Waals surface area contributed by atoms with Crippen molar-refractivity contribution in [2.45, 2.75) is 45.1 Å². The summed E-state index contributed by atoms with van der Waals surface area (Å²) >= 11 is 0. The highest BCUT2D eigenvalue weighted by atomic mass is 16.5. The summed E-state index contributed by atoms with van der Waals surface area (Å²) in [6, 6.07) is 0. The maximum atomic E-state index is 5.37. The molecule has 2 heterocycles. The fourth-order valence-electron chi connectivity index (χ4n) is 3.33. The van der Waals surface area contributed by atoms with Crippen LogP contribution in [0.2, 0.25) is 0 Å². The Labute approximate surface area is 127 Å². The van der Waals surface area contributed by atoms with Crippen molar-refractivity contribution < 1.29 is 4.74 Å². The quantitative estimate of drug-likeness (QED) is 0.616. The molecule has 0 unspecified atom stereocenters. The molecule has 0 amide bonds. The second-order valence-corrected chi connectivity index (χ2v) is 6.17. The van der Waals surface area contributed by atoms with E-state index < -0.39 is 0 Å². The minimum Gasteiger partial charge on any atom is -0.379 e. The lowest BCUT2D eigenvalue weighted by atomic mass is 10.1. The zero-order valence-corrected chi connectivity index (χ0v) is 13.0. The largest absolute Gasteiger partial charge is 0.379 e. The summed E-state index contributed by atoms with van der Waals surface area (Å²) in [7, 11) is 0. The molecule has 1 saturated heterocycles. The fraction of sp³-hybridized carbons (Fsp3) is 0.812. The Morgan fingerprint density at radius 2 is 2.00 bits per heavy atom. The van der Waals surface area contributed by atoms with Crippen LogP contribution in [-0.4, -0.2) is 54.5 Å². The molecule has 2 N–H and O–H groups in total. The Bertz CT molecular complexity index is 426. The molecule has 0 bridgehead atoms. The molecule has 1 aromatic heterocycles. The van der Waals surface area contributed by atoms with Crippen molar-refractivity contribution in [2.75, 3.05) is 39.4 Å². The van der Waals surface area contributed by atoms with Crippen LogP contribution in [0, 0.1) is 0 Å². The van der Waals surface area contributed by atoms with Gasteiger partial charge >= 0.3 is 0 Å². The third-order valence-electron chi connectivity index (χ3n) is 4.62. The van der Waals surface area contributed by atoms with Crippen molar-refractivity contribution in [3.8, 4) is 0 Å². The van der Waals surface area contributed by atoms with Crippen LogP contribution in [0.25, 0.3) is 0 Å². The lowest BCUT2D eigenvalue weighted by molar-refractivity contribution is 0.0374. The van der Waals surface area contributed by atoms with Crippen LogP contribution in [0.3, 0.4) is 0 Å². The van der Waals surface area contributed by atoms with E-state index in [1.165, 1.54) is 62.0 Å². The number of rotatable bonds is 6. The molecular weight excluding hydrogens is 264 g/mol. The average Bonchev–Trinajstić information content (AvgIpc) is 2.76. The van der Waals surface area contributed by atoms with Crippen LogP contribution in [0.4, 0.5) is 0 Å². The Morgan fingerprint density at radius 1 is 1.14 bits per heavy atom. The van der Waals surface area contributed by atoms with E-state index in [-0.39, 0.29) is 0 Å². The van der Waals surface area contributed by atoms with Gasteiger partial charge in [-0.2, -0.15) is 5.10 Å². The second kappa shape index (κ2) is 7.92. The number of morpholine rings is 1. The zero-order chi connectivity index (χ0) is 14.3. The number of nitrogens with one attached hydrogen (secondary N) is 2. The lowest BCUT2D eigenvalue weighted by Crippen LogP contribution is -2.37. The van der Waals surface area contributed by atoms with Crippen LogP contribution in [0.5, 0.6) is 0 Å². The normalized spacial score (nSPS) is 20.2. The van der Waals surface area contributed by atoms with Gasteiger partial charge in [0.1, 0.15) is 0 Å². The molecule has 3 rings (SSSR count). The zero-order valence-electron chi connectivity index (χ0n) is 13.0. The molecule has 1 fully saturated rings. The molecule has 5 nitrogen and oxygen atoms in total. The SMILES string of the molecule is C1CCc2[nH]nc(CNCCCN3CCOCC3)c2CC1. The van der Waals surface area contributed by atoms with Gasteiger partial charge in [0.25, 0.3) is 0 Å². The lowest BCUT2D eigenvalue weighted by Gasteiger charge is -2.26. The van der Waals surface area contributed by atoms with Crippen LogP contribution >= 0.6 is 0 Å². The third-order valence-corrected chi connectivity index (χ3v) is 4.62. The Morgan fingerprint density at radius 3 is 2.90 bits per heavy atom. The highest BCUT2D eigenvalue weighted by Gasteiger charge is 2.15. The molecule has 0 atom stereocenters. The van der Waals surface area contributed by atoms with Crippen molar-refractivity contribution >= 4 is 0 Å². The highest BCUT2D eigenvalue weighted by Crippen LogP contribution is 2.21. The van der Waals surface area contributed by atoms with E-state index in [9.17, 15) is 0 Å². The van der Waals surface area contributed by atoms with Gasteiger partial charge in [0.05, 0.1) is 18.9 Å². The Kier molecular flexibility index (Phi) is 5.66. The summed E-state index contributed by atoms with van der Waals surface area (Å²) in [5, 5.41) is 11.3. The van der Waals surface area contributed by atoms with Crippen molar-refractivity contribution in [1.29, 1.82) is 0 Å². The van der Waals surface area contributed by atoms with Gasteiger partial charge in [-0.05, 0) is 50.8 Å². The number of aromatic nitrogens is 2. The molecule has 1 aliphatic carbocycles. The summed E-state index contributed by atoms with van der Waals surface area (Å²) in [5.41, 5.74) is 4.13. The predicted molar refractivity (Wildman–Crippen MR) is 83.4 cm³/mol. The number of hydrogen-bond donors (Lipinski definition) is 2. The van der Waals surface area contributed by atoms with E-state index in [0.29, 0.717) is 0 Å². The van der Waals surface area contributed by atoms with Crippen LogP contribution < -0.4 is 5.32 Å². The van der Waals surface area contributed by atoms with E-state index in [1.807, 2.05) is 0 Å². The number of aryl methyl sites for hydroxylation is 1. The number of aromatic amines is 1. The summed E-state index contributed by atoms with van der Waals surface area (Å²) in [5.74, 6) is 0. The van der Waals surface area contributed by atoms with Gasteiger partial charge in [0.2, 0.25) is 0 Å². The summed E-state index contributed by atoms with van der Waals surface area (Å²) in [4.78, 5) is 2.49. The Balaban J connectivity index is 1.36. The summed E-state index contributed by atoms with van der Waals surface area (Å²) < 4.78 is 5.37. The van der Waals surface area contributed by atoms with Crippen LogP contribution in [-0.2, 0) is 24.1 Å². The molecule has 21 heavy (non-hydrogen) atoms. The minimum absolute atomic E-state index is 0.896. The van der Waals surface area contributed by atoms with E-state index in [4.69, 9.17) is 4.74 Å². The molecule has 1 aliphatic heterocycles. The minimum atomic E-state index is 0.896. The van der Waals surface area contributed by atoms with E-state index >= 15 is 0 Å². The first kappa shape index (κ1) is 15.0. The molecule has 118 valence electrons. The topological polar surface area (TPSA) is 53.2 Å². The van der Waals surface area contributed by atoms with Gasteiger partial charge in [-0.3, -0.25) is 10.00 Å². The van der Waals surface area contributed by atoms with Gasteiger partial charge < -0.3 is 10.1 Å². The van der Waals surface area contributed by atoms with Gasteiger partial charge in [-0.25, -0.2) is 0 Å². The first-order valence-electron chi connectivity index (χ1n) is 8.49. The molecule has 0 aromatic carbocycles. The molecule has 0 saturated carbocycles. The van der Waals surface area contributed by atoms with Gasteiger partial charge in [0.15, 0.2) is 0 Å². The first-order chi connectivity index (χ1) is 10.4. The van der Waals surface area contributed by atoms with E-state index in [0.717, 1.165) is 39.4 Å². The number of H-pyrrole nitrogens is 1. The summed E-state index contributed by atoms with van der Waals surface area (Å²) in [6.45, 7) is 7.13. The molecule has 0 spiro atoms. The second-order valence-electron chi connectivity index (χ2n) is 6.17. The van der Waals surface area contributed by atoms with E-state index in [2.05, 4.69) is 20.4 Å². The molecule has 5 heteroatoms. The number of nitrogens with zero attached hydrogens (tertiary/aromatic N) is 2. The Hall–Kier alpha value is -0.910. The number of ether oxygens (including phenoxy) is 1. The standard InChI is InChI=1S/C16H28N4O/c1-2-5-14-15(6-3-1)18-19-16(14)13-17-7-4-8-20-9-11-21-12-10-20/h17H,1-13H2,(H,18,19). The maximum Gasteiger partial charge on any atom is 0.0794 e. The summed E-state index contributed by atoms with van der Waals surface area (Å²) in [6.07, 6.45) is 7.57. The van der Waals surface area contributed by atoms with Crippen LogP contribution in [0.15, 0.2) is 0 Å². The van der Waals surface area contributed by atoms with Gasteiger partial charge in [-0.1, -0.05) is 6.42 Å². The van der Waals surface area contributed by atoms with Crippen LogP contribution in [0.1, 0.15) is 42.6 Å². The average molecular weight is 292 g/mol. The van der Waals surface area contributed by atoms with Gasteiger partial charge in [-0.15, -0.1) is 0 Å². The molecule has 1 aromatic rings. The number of fused-ring (bicyclic) bond motifs is 1. The van der Waals surface area contributed by atoms with Crippen molar-refractivity contribution in [2.24, 2.45) is 0 Å². The fourth-order valence-corrected chi connectivity index (χ4v) is 3.33. The highest BCUT2D eigenvalue weighted by molar-refractivity contribution is 5.26. The van der Waals surface area contributed by atoms with Crippen molar-refractivity contribution in [1.82, 2.24) is 20.4 Å². The monoisotopic (exact) mass is 292 g/mol. The maximum absolute atomic E-state index is 5.37. The van der Waals surface area contributed by atoms with Crippen molar-refractivity contribution in [3.05, 3.63) is 17.0 Å². The van der Waals surface area contributed by atoms with Gasteiger partial charge in [0, 0.05) is 25.3 Å². The molecule has 2 aliphatic rings. The molecular formula is C16H28N4O. The number of hydrogen-bond acceptors (Lipinski definition) is 4. The predicted octanol–water partition coefficient (Wildman–Crippen LogP) is 1.49. The van der Waals surface area contributed by atoms with Crippen molar-refractivity contribution in [3.63, 3.8) is 0 Å². The van der Waals surface area contributed by atoms with E-state index in [1.54, 1.807) is 0 Å². The third kappa shape index (κ3) is 4.28. The smallest absolute Gasteiger partial charge is 0.0794 e. The first-order valence-corrected chi connectivity index (χ1v) is 8.49.